The summed E-state index contributed by atoms with van der Waals surface area (Å²) < 4.78 is 14.0. The highest BCUT2D eigenvalue weighted by Gasteiger charge is 2.36. The van der Waals surface area contributed by atoms with E-state index in [-0.39, 0.29) is 12.1 Å². The number of furan rings is 1. The Hall–Kier alpha value is -1.59. The van der Waals surface area contributed by atoms with E-state index in [1.54, 1.807) is 0 Å². The Morgan fingerprint density at radius 1 is 1.39 bits per heavy atom. The van der Waals surface area contributed by atoms with Gasteiger partial charge in [-0.3, -0.25) is 0 Å². The van der Waals surface area contributed by atoms with Gasteiger partial charge in [0.25, 0.3) is 0 Å². The van der Waals surface area contributed by atoms with Crippen LogP contribution in [0.2, 0.25) is 0 Å². The summed E-state index contributed by atoms with van der Waals surface area (Å²) in [5.41, 5.74) is 0. The van der Waals surface area contributed by atoms with Crippen LogP contribution in [0.5, 0.6) is 0 Å². The summed E-state index contributed by atoms with van der Waals surface area (Å²) >= 11 is 0. The molecule has 1 saturated carbocycles. The fraction of sp³-hybridized carbons (Fsp3) is 0.611. The van der Waals surface area contributed by atoms with Gasteiger partial charge in [-0.1, -0.05) is 6.92 Å². The quantitative estimate of drug-likeness (QED) is 0.921. The molecular weight excluding hydrogens is 290 g/mol. The van der Waals surface area contributed by atoms with Crippen molar-refractivity contribution in [3.8, 4) is 0 Å². The molecule has 5 nitrogen and oxygen atoms in total. The third-order valence-corrected chi connectivity index (χ3v) is 5.13. The number of aromatic nitrogens is 2. The molecule has 0 amide bonds. The summed E-state index contributed by atoms with van der Waals surface area (Å²) in [5.74, 6) is 4.58. The van der Waals surface area contributed by atoms with Gasteiger partial charge in [-0.15, -0.1) is 0 Å². The van der Waals surface area contributed by atoms with Crippen molar-refractivity contribution in [1.82, 2.24) is 14.9 Å². The Bertz CT molecular complexity index is 663. The van der Waals surface area contributed by atoms with Gasteiger partial charge in [0.1, 0.15) is 23.4 Å². The predicted molar refractivity (Wildman–Crippen MR) is 87.0 cm³/mol. The zero-order valence-electron chi connectivity index (χ0n) is 13.9. The van der Waals surface area contributed by atoms with E-state index in [4.69, 9.17) is 9.15 Å². The summed E-state index contributed by atoms with van der Waals surface area (Å²) in [5, 5.41) is 3.62. The van der Waals surface area contributed by atoms with Gasteiger partial charge in [-0.25, -0.2) is 4.98 Å². The number of aryl methyl sites for hydroxylation is 1. The standard InChI is InChI=1S/C18H25N3O2/c1-12-10-14(12)16-6-5-13(23-16)11-20-15-4-3-9-22-17(15)18-19-7-8-21(18)2/h5-8,12,14-15,17,20H,3-4,9-11H2,1-2H3/t12-,14-,15+,17+/m1/s1. The van der Waals surface area contributed by atoms with Crippen molar-refractivity contribution >= 4 is 0 Å². The fourth-order valence-electron chi connectivity index (χ4n) is 3.53. The van der Waals surface area contributed by atoms with Crippen molar-refractivity contribution < 1.29 is 9.15 Å². The monoisotopic (exact) mass is 315 g/mol. The maximum absolute atomic E-state index is 6.00. The molecule has 2 aromatic rings. The molecule has 0 unspecified atom stereocenters. The van der Waals surface area contributed by atoms with Crippen LogP contribution >= 0.6 is 0 Å². The first-order chi connectivity index (χ1) is 11.2. The zero-order valence-corrected chi connectivity index (χ0v) is 13.9. The molecule has 0 bridgehead atoms. The molecule has 0 spiro atoms. The van der Waals surface area contributed by atoms with Gasteiger partial charge in [-0.2, -0.15) is 0 Å². The average molecular weight is 315 g/mol. The Morgan fingerprint density at radius 2 is 2.26 bits per heavy atom. The molecule has 5 heteroatoms. The number of hydrogen-bond donors (Lipinski definition) is 1. The maximum atomic E-state index is 6.00. The average Bonchev–Trinajstić information content (AvgIpc) is 2.96. The van der Waals surface area contributed by atoms with Crippen molar-refractivity contribution in [2.45, 2.75) is 50.8 Å². The first-order valence-electron chi connectivity index (χ1n) is 8.63. The lowest BCUT2D eigenvalue weighted by Gasteiger charge is -2.31. The Morgan fingerprint density at radius 3 is 3.00 bits per heavy atom. The molecule has 1 aliphatic heterocycles. The third kappa shape index (κ3) is 3.08. The normalized spacial score (nSPS) is 30.5. The second kappa shape index (κ2) is 6.13. The molecule has 23 heavy (non-hydrogen) atoms. The van der Waals surface area contributed by atoms with Gasteiger partial charge in [-0.05, 0) is 37.3 Å². The summed E-state index contributed by atoms with van der Waals surface area (Å²) in [7, 11) is 2.02. The van der Waals surface area contributed by atoms with Crippen molar-refractivity contribution in [3.05, 3.63) is 41.9 Å². The Kier molecular flexibility index (Phi) is 3.99. The summed E-state index contributed by atoms with van der Waals surface area (Å²) in [6, 6.07) is 4.52. The number of nitrogens with zero attached hydrogens (tertiary/aromatic N) is 2. The minimum Gasteiger partial charge on any atom is -0.464 e. The van der Waals surface area contributed by atoms with Crippen LogP contribution in [-0.4, -0.2) is 22.2 Å². The molecule has 124 valence electrons. The van der Waals surface area contributed by atoms with E-state index in [1.807, 2.05) is 24.0 Å². The highest BCUT2D eigenvalue weighted by atomic mass is 16.5. The zero-order chi connectivity index (χ0) is 15.8. The van der Waals surface area contributed by atoms with Crippen LogP contribution in [0.3, 0.4) is 0 Å². The van der Waals surface area contributed by atoms with Crippen LogP contribution in [0.15, 0.2) is 28.9 Å². The summed E-state index contributed by atoms with van der Waals surface area (Å²) in [4.78, 5) is 4.46. The lowest BCUT2D eigenvalue weighted by atomic mass is 10.0. The van der Waals surface area contributed by atoms with Crippen molar-refractivity contribution in [3.63, 3.8) is 0 Å². The van der Waals surface area contributed by atoms with Crippen LogP contribution in [0.25, 0.3) is 0 Å². The minimum absolute atomic E-state index is 0.0154. The second-order valence-corrected chi connectivity index (χ2v) is 6.94. The van der Waals surface area contributed by atoms with Crippen molar-refractivity contribution in [2.24, 2.45) is 13.0 Å². The molecule has 2 aromatic heterocycles. The lowest BCUT2D eigenvalue weighted by molar-refractivity contribution is -0.0182. The van der Waals surface area contributed by atoms with Crippen LogP contribution in [0, 0.1) is 5.92 Å². The summed E-state index contributed by atoms with van der Waals surface area (Å²) in [6.07, 6.45) is 7.27. The van der Waals surface area contributed by atoms with E-state index in [9.17, 15) is 0 Å². The van der Waals surface area contributed by atoms with E-state index in [1.165, 1.54) is 6.42 Å². The smallest absolute Gasteiger partial charge is 0.139 e. The van der Waals surface area contributed by atoms with E-state index in [0.29, 0.717) is 5.92 Å². The molecule has 1 saturated heterocycles. The number of imidazole rings is 1. The van der Waals surface area contributed by atoms with Crippen LogP contribution in [-0.2, 0) is 18.3 Å². The van der Waals surface area contributed by atoms with E-state index < -0.39 is 0 Å². The molecular formula is C18H25N3O2. The van der Waals surface area contributed by atoms with Crippen molar-refractivity contribution in [2.75, 3.05) is 6.61 Å². The number of rotatable bonds is 5. The van der Waals surface area contributed by atoms with Gasteiger partial charge in [0.15, 0.2) is 0 Å². The van der Waals surface area contributed by atoms with E-state index >= 15 is 0 Å². The molecule has 1 N–H and O–H groups in total. The van der Waals surface area contributed by atoms with Crippen molar-refractivity contribution in [1.29, 1.82) is 0 Å². The number of ether oxygens (including phenoxy) is 1. The minimum atomic E-state index is 0.0154. The van der Waals surface area contributed by atoms with E-state index in [2.05, 4.69) is 29.4 Å². The molecule has 4 rings (SSSR count). The molecule has 2 fully saturated rings. The largest absolute Gasteiger partial charge is 0.464 e. The SMILES string of the molecule is C[C@@H]1C[C@H]1c1ccc(CN[C@H]2CCCO[C@@H]2c2nccn2C)o1. The number of nitrogens with one attached hydrogen (secondary N) is 1. The number of hydrogen-bond acceptors (Lipinski definition) is 4. The molecule has 2 aliphatic rings. The van der Waals surface area contributed by atoms with E-state index in [0.717, 1.165) is 49.3 Å². The first kappa shape index (κ1) is 15.0. The Balaban J connectivity index is 1.40. The molecule has 0 radical (unpaired) electrons. The van der Waals surface area contributed by atoms with Crippen LogP contribution in [0.4, 0.5) is 0 Å². The topological polar surface area (TPSA) is 52.2 Å². The van der Waals surface area contributed by atoms with Gasteiger partial charge in [0.05, 0.1) is 6.54 Å². The Labute approximate surface area is 137 Å². The van der Waals surface area contributed by atoms with Crippen LogP contribution < -0.4 is 5.32 Å². The lowest BCUT2D eigenvalue weighted by Crippen LogP contribution is -2.40. The molecule has 3 heterocycles. The molecule has 1 aliphatic carbocycles. The molecule has 4 atom stereocenters. The highest BCUT2D eigenvalue weighted by Crippen LogP contribution is 2.47. The molecule has 0 aromatic carbocycles. The highest BCUT2D eigenvalue weighted by molar-refractivity contribution is 5.17. The fourth-order valence-corrected chi connectivity index (χ4v) is 3.53. The first-order valence-corrected chi connectivity index (χ1v) is 8.63. The van der Waals surface area contributed by atoms with Gasteiger partial charge in [0, 0.05) is 38.0 Å². The van der Waals surface area contributed by atoms with Gasteiger partial charge in [0.2, 0.25) is 0 Å². The third-order valence-electron chi connectivity index (χ3n) is 5.13. The second-order valence-electron chi connectivity index (χ2n) is 6.94. The maximum Gasteiger partial charge on any atom is 0.139 e. The summed E-state index contributed by atoms with van der Waals surface area (Å²) in [6.45, 7) is 3.83. The predicted octanol–water partition coefficient (Wildman–Crippen LogP) is 3.15. The van der Waals surface area contributed by atoms with Crippen LogP contribution in [0.1, 0.15) is 55.6 Å². The van der Waals surface area contributed by atoms with Gasteiger partial charge >= 0.3 is 0 Å². The van der Waals surface area contributed by atoms with Gasteiger partial charge < -0.3 is 19.0 Å².